The molecule has 0 fully saturated rings. The van der Waals surface area contributed by atoms with Gasteiger partial charge in [0.15, 0.2) is 0 Å². The lowest BCUT2D eigenvalue weighted by Crippen LogP contribution is -2.07. The van der Waals surface area contributed by atoms with Gasteiger partial charge in [-0.05, 0) is 28.1 Å². The Balaban J connectivity index is 1.86. The predicted octanol–water partition coefficient (Wildman–Crippen LogP) is 3.58. The average molecular weight is 320 g/mol. The van der Waals surface area contributed by atoms with E-state index in [9.17, 15) is 0 Å². The van der Waals surface area contributed by atoms with Crippen molar-refractivity contribution in [1.82, 2.24) is 20.2 Å². The van der Waals surface area contributed by atoms with Gasteiger partial charge in [0, 0.05) is 6.54 Å². The van der Waals surface area contributed by atoms with E-state index in [1.54, 1.807) is 18.2 Å². The Morgan fingerprint density at radius 1 is 1.00 bits per heavy atom. The highest BCUT2D eigenvalue weighted by Crippen LogP contribution is 2.29. The quantitative estimate of drug-likeness (QED) is 0.798. The van der Waals surface area contributed by atoms with Crippen LogP contribution >= 0.6 is 23.2 Å². The molecular formula is C14H11Cl2N5. The molecule has 5 nitrogen and oxygen atoms in total. The number of hydrogen-bond acceptors (Lipinski definition) is 4. The molecule has 1 heterocycles. The van der Waals surface area contributed by atoms with Crippen LogP contribution in [0.4, 0.5) is 5.95 Å². The molecule has 0 aliphatic rings. The Kier molecular flexibility index (Phi) is 4.03. The third-order valence-electron chi connectivity index (χ3n) is 2.92. The first-order chi connectivity index (χ1) is 10.3. The molecule has 0 amide bonds. The molecule has 0 bridgehead atoms. The number of rotatable bonds is 4. The van der Waals surface area contributed by atoms with Crippen molar-refractivity contribution in [3.63, 3.8) is 0 Å². The standard InChI is InChI=1S/C14H11Cl2N5/c15-11-7-4-8-12(13(11)16)21-14(18-19-20-21)17-9-10-5-2-1-3-6-10/h1-8H,9H2,(H,17,18,20). The maximum atomic E-state index is 6.20. The van der Waals surface area contributed by atoms with Crippen LogP contribution in [0, 0.1) is 0 Å². The first-order valence-corrected chi connectivity index (χ1v) is 7.02. The third kappa shape index (κ3) is 2.99. The Labute approximate surface area is 131 Å². The highest BCUT2D eigenvalue weighted by molar-refractivity contribution is 6.43. The van der Waals surface area contributed by atoms with Gasteiger partial charge in [-0.1, -0.05) is 64.7 Å². The third-order valence-corrected chi connectivity index (χ3v) is 3.73. The minimum atomic E-state index is 0.411. The van der Waals surface area contributed by atoms with Gasteiger partial charge in [0.2, 0.25) is 5.95 Å². The monoisotopic (exact) mass is 319 g/mol. The highest BCUT2D eigenvalue weighted by Gasteiger charge is 2.12. The van der Waals surface area contributed by atoms with Crippen molar-refractivity contribution in [2.75, 3.05) is 5.32 Å². The van der Waals surface area contributed by atoms with Crippen molar-refractivity contribution in [3.05, 3.63) is 64.1 Å². The zero-order chi connectivity index (χ0) is 14.7. The fourth-order valence-electron chi connectivity index (χ4n) is 1.89. The second-order valence-corrected chi connectivity index (χ2v) is 5.11. The summed E-state index contributed by atoms with van der Waals surface area (Å²) in [5.74, 6) is 0.503. The summed E-state index contributed by atoms with van der Waals surface area (Å²) in [5, 5.41) is 15.6. The lowest BCUT2D eigenvalue weighted by atomic mass is 10.2. The number of anilines is 1. The SMILES string of the molecule is Clc1cccc(-n2nnnc2NCc2ccccc2)c1Cl. The fraction of sp³-hybridized carbons (Fsp3) is 0.0714. The fourth-order valence-corrected chi connectivity index (χ4v) is 2.27. The number of halogens is 2. The summed E-state index contributed by atoms with van der Waals surface area (Å²) < 4.78 is 1.52. The van der Waals surface area contributed by atoms with Gasteiger partial charge in [-0.25, -0.2) is 0 Å². The first-order valence-electron chi connectivity index (χ1n) is 6.26. The Bertz CT molecular complexity index is 742. The van der Waals surface area contributed by atoms with Crippen molar-refractivity contribution in [1.29, 1.82) is 0 Å². The average Bonchev–Trinajstić information content (AvgIpc) is 2.97. The Morgan fingerprint density at radius 3 is 2.62 bits per heavy atom. The van der Waals surface area contributed by atoms with Gasteiger partial charge in [0.25, 0.3) is 0 Å². The molecule has 0 aliphatic heterocycles. The first kappa shape index (κ1) is 13.9. The van der Waals surface area contributed by atoms with E-state index in [-0.39, 0.29) is 0 Å². The van der Waals surface area contributed by atoms with Crippen LogP contribution in [0.25, 0.3) is 5.69 Å². The van der Waals surface area contributed by atoms with E-state index < -0.39 is 0 Å². The van der Waals surface area contributed by atoms with Crippen LogP contribution < -0.4 is 5.32 Å². The molecule has 7 heteroatoms. The summed E-state index contributed by atoms with van der Waals surface area (Å²) >= 11 is 12.2. The number of nitrogens with zero attached hydrogens (tertiary/aromatic N) is 4. The van der Waals surface area contributed by atoms with Gasteiger partial charge in [-0.15, -0.1) is 0 Å². The molecule has 0 saturated carbocycles. The van der Waals surface area contributed by atoms with Crippen molar-refractivity contribution >= 4 is 29.2 Å². The molecule has 106 valence electrons. The number of aromatic nitrogens is 4. The second-order valence-electron chi connectivity index (χ2n) is 4.33. The number of hydrogen-bond donors (Lipinski definition) is 1. The number of nitrogens with one attached hydrogen (secondary N) is 1. The molecule has 0 spiro atoms. The summed E-state index contributed by atoms with van der Waals surface area (Å²) in [5.41, 5.74) is 1.76. The summed E-state index contributed by atoms with van der Waals surface area (Å²) in [7, 11) is 0. The topological polar surface area (TPSA) is 55.6 Å². The van der Waals surface area contributed by atoms with Crippen LogP contribution in [0.3, 0.4) is 0 Å². The number of benzene rings is 2. The van der Waals surface area contributed by atoms with Gasteiger partial charge in [-0.2, -0.15) is 4.68 Å². The zero-order valence-corrected chi connectivity index (χ0v) is 12.4. The maximum Gasteiger partial charge on any atom is 0.248 e. The Morgan fingerprint density at radius 2 is 1.81 bits per heavy atom. The van der Waals surface area contributed by atoms with E-state index in [0.29, 0.717) is 28.2 Å². The van der Waals surface area contributed by atoms with Gasteiger partial charge < -0.3 is 5.32 Å². The molecule has 2 aromatic carbocycles. The molecule has 3 aromatic rings. The van der Waals surface area contributed by atoms with Crippen LogP contribution in [-0.4, -0.2) is 20.2 Å². The predicted molar refractivity (Wildman–Crippen MR) is 82.9 cm³/mol. The summed E-state index contributed by atoms with van der Waals surface area (Å²) in [6, 6.07) is 15.3. The van der Waals surface area contributed by atoms with E-state index in [4.69, 9.17) is 23.2 Å². The smallest absolute Gasteiger partial charge is 0.248 e. The van der Waals surface area contributed by atoms with Crippen LogP contribution in [0.1, 0.15) is 5.56 Å². The van der Waals surface area contributed by atoms with Gasteiger partial charge in [0.1, 0.15) is 0 Å². The Hall–Kier alpha value is -2.11. The summed E-state index contributed by atoms with van der Waals surface area (Å²) in [6.07, 6.45) is 0. The van der Waals surface area contributed by atoms with Crippen molar-refractivity contribution in [2.24, 2.45) is 0 Å². The van der Waals surface area contributed by atoms with Crippen LogP contribution in [0.2, 0.25) is 10.0 Å². The summed E-state index contributed by atoms with van der Waals surface area (Å²) in [4.78, 5) is 0. The minimum Gasteiger partial charge on any atom is -0.349 e. The van der Waals surface area contributed by atoms with Crippen LogP contribution in [-0.2, 0) is 6.54 Å². The normalized spacial score (nSPS) is 10.6. The van der Waals surface area contributed by atoms with Gasteiger partial charge >= 0.3 is 0 Å². The molecule has 3 rings (SSSR count). The zero-order valence-electron chi connectivity index (χ0n) is 10.9. The minimum absolute atomic E-state index is 0.411. The lowest BCUT2D eigenvalue weighted by Gasteiger charge is -2.09. The molecule has 1 aromatic heterocycles. The maximum absolute atomic E-state index is 6.20. The van der Waals surface area contributed by atoms with Gasteiger partial charge in [-0.3, -0.25) is 0 Å². The molecular weight excluding hydrogens is 309 g/mol. The van der Waals surface area contributed by atoms with E-state index >= 15 is 0 Å². The molecule has 0 unspecified atom stereocenters. The van der Waals surface area contributed by atoms with Gasteiger partial charge in [0.05, 0.1) is 15.7 Å². The van der Waals surface area contributed by atoms with Crippen molar-refractivity contribution in [2.45, 2.75) is 6.54 Å². The molecule has 0 radical (unpaired) electrons. The molecule has 1 N–H and O–H groups in total. The molecule has 0 aliphatic carbocycles. The molecule has 0 atom stereocenters. The van der Waals surface area contributed by atoms with E-state index in [1.165, 1.54) is 4.68 Å². The van der Waals surface area contributed by atoms with E-state index in [0.717, 1.165) is 5.56 Å². The molecule has 0 saturated heterocycles. The van der Waals surface area contributed by atoms with Crippen molar-refractivity contribution < 1.29 is 0 Å². The van der Waals surface area contributed by atoms with Crippen LogP contribution in [0.15, 0.2) is 48.5 Å². The number of tetrazole rings is 1. The highest BCUT2D eigenvalue weighted by atomic mass is 35.5. The summed E-state index contributed by atoms with van der Waals surface area (Å²) in [6.45, 7) is 0.611. The molecule has 21 heavy (non-hydrogen) atoms. The van der Waals surface area contributed by atoms with Crippen molar-refractivity contribution in [3.8, 4) is 5.69 Å². The van der Waals surface area contributed by atoms with E-state index in [2.05, 4.69) is 20.8 Å². The largest absolute Gasteiger partial charge is 0.349 e. The van der Waals surface area contributed by atoms with E-state index in [1.807, 2.05) is 30.3 Å². The second kappa shape index (κ2) is 6.11. The lowest BCUT2D eigenvalue weighted by molar-refractivity contribution is 0.789. The van der Waals surface area contributed by atoms with Crippen LogP contribution in [0.5, 0.6) is 0 Å².